The molecule has 1 amide bonds. The van der Waals surface area contributed by atoms with Gasteiger partial charge in [-0.05, 0) is 56.9 Å². The van der Waals surface area contributed by atoms with E-state index >= 15 is 0 Å². The zero-order chi connectivity index (χ0) is 20.0. The smallest absolute Gasteiger partial charge is 0.307 e. The van der Waals surface area contributed by atoms with Crippen LogP contribution >= 0.6 is 11.3 Å². The molecule has 5 rings (SSSR count). The van der Waals surface area contributed by atoms with Crippen molar-refractivity contribution >= 4 is 28.2 Å². The molecule has 0 aliphatic heterocycles. The highest BCUT2D eigenvalue weighted by molar-refractivity contribution is 7.17. The molecule has 2 heterocycles. The van der Waals surface area contributed by atoms with E-state index in [4.69, 9.17) is 4.52 Å². The van der Waals surface area contributed by atoms with Crippen LogP contribution in [0.5, 0.6) is 0 Å². The largest absolute Gasteiger partial charge is 0.481 e. The fourth-order valence-corrected chi connectivity index (χ4v) is 5.95. The second-order valence-corrected chi connectivity index (χ2v) is 9.58. The molecule has 3 aliphatic rings. The number of aryl methyl sites for hydroxylation is 1. The third-order valence-electron chi connectivity index (χ3n) is 6.43. The molecule has 3 aliphatic carbocycles. The van der Waals surface area contributed by atoms with Crippen LogP contribution < -0.4 is 5.32 Å². The molecule has 7 nitrogen and oxygen atoms in total. The van der Waals surface area contributed by atoms with Gasteiger partial charge in [0, 0.05) is 10.8 Å². The Bertz CT molecular complexity index is 946. The van der Waals surface area contributed by atoms with Gasteiger partial charge in [0.2, 0.25) is 5.91 Å². The third kappa shape index (κ3) is 3.58. The number of aromatic nitrogens is 2. The third-order valence-corrected chi connectivity index (χ3v) is 7.63. The molecule has 154 valence electrons. The lowest BCUT2D eigenvalue weighted by molar-refractivity contribution is -0.147. The minimum absolute atomic E-state index is 0.195. The van der Waals surface area contributed by atoms with Crippen LogP contribution in [0.4, 0.5) is 5.00 Å². The Balaban J connectivity index is 1.46. The normalized spacial score (nSPS) is 24.1. The molecular formula is C21H25N3O4S. The lowest BCUT2D eigenvalue weighted by atomic mass is 9.78. The van der Waals surface area contributed by atoms with Crippen molar-refractivity contribution in [1.82, 2.24) is 10.1 Å². The van der Waals surface area contributed by atoms with E-state index in [9.17, 15) is 14.7 Å². The predicted molar refractivity (Wildman–Crippen MR) is 108 cm³/mol. The van der Waals surface area contributed by atoms with Gasteiger partial charge in [-0.25, -0.2) is 0 Å². The zero-order valence-electron chi connectivity index (χ0n) is 16.3. The topological polar surface area (TPSA) is 105 Å². The van der Waals surface area contributed by atoms with Crippen molar-refractivity contribution in [1.29, 1.82) is 0 Å². The van der Waals surface area contributed by atoms with Gasteiger partial charge in [-0.1, -0.05) is 18.0 Å². The van der Waals surface area contributed by atoms with Gasteiger partial charge in [0.15, 0.2) is 5.82 Å². The summed E-state index contributed by atoms with van der Waals surface area (Å²) in [6.45, 7) is 0. The van der Waals surface area contributed by atoms with Gasteiger partial charge in [-0.2, -0.15) is 4.98 Å². The van der Waals surface area contributed by atoms with Crippen molar-refractivity contribution in [2.45, 2.75) is 70.1 Å². The van der Waals surface area contributed by atoms with Gasteiger partial charge in [0.25, 0.3) is 5.89 Å². The number of nitrogens with one attached hydrogen (secondary N) is 1. The Morgan fingerprint density at radius 3 is 2.55 bits per heavy atom. The molecule has 2 atom stereocenters. The van der Waals surface area contributed by atoms with Crippen LogP contribution in [0.15, 0.2) is 4.52 Å². The summed E-state index contributed by atoms with van der Waals surface area (Å²) in [4.78, 5) is 30.6. The van der Waals surface area contributed by atoms with Crippen LogP contribution in [0.25, 0.3) is 11.5 Å². The lowest BCUT2D eigenvalue weighted by Gasteiger charge is -2.27. The Morgan fingerprint density at radius 2 is 1.79 bits per heavy atom. The number of nitrogens with zero attached hydrogens (tertiary/aromatic N) is 2. The first-order valence-corrected chi connectivity index (χ1v) is 11.5. The predicted octanol–water partition coefficient (Wildman–Crippen LogP) is 4.38. The minimum atomic E-state index is -0.874. The van der Waals surface area contributed by atoms with E-state index in [1.807, 2.05) is 0 Å². The number of carboxylic acid groups (broad SMARTS) is 1. The summed E-state index contributed by atoms with van der Waals surface area (Å²) in [5, 5.41) is 17.5. The number of carbonyl (C=O) groups is 2. The highest BCUT2D eigenvalue weighted by Crippen LogP contribution is 2.46. The highest BCUT2D eigenvalue weighted by atomic mass is 32.1. The summed E-state index contributed by atoms with van der Waals surface area (Å²) in [5.41, 5.74) is 2.07. The monoisotopic (exact) mass is 415 g/mol. The fraction of sp³-hybridized carbons (Fsp3) is 0.619. The molecule has 0 bridgehead atoms. The van der Waals surface area contributed by atoms with Crippen LogP contribution in [0, 0.1) is 11.8 Å². The summed E-state index contributed by atoms with van der Waals surface area (Å²) in [6, 6.07) is 0. The van der Waals surface area contributed by atoms with E-state index in [-0.39, 0.29) is 5.91 Å². The van der Waals surface area contributed by atoms with Gasteiger partial charge in [0.05, 0.1) is 17.4 Å². The van der Waals surface area contributed by atoms with E-state index in [2.05, 4.69) is 15.5 Å². The number of hydrogen-bond acceptors (Lipinski definition) is 6. The molecule has 2 saturated carbocycles. The number of hydrogen-bond donors (Lipinski definition) is 2. The maximum Gasteiger partial charge on any atom is 0.307 e. The molecule has 2 N–H and O–H groups in total. The van der Waals surface area contributed by atoms with Gasteiger partial charge in [0.1, 0.15) is 5.00 Å². The number of amides is 1. The maximum absolute atomic E-state index is 13.1. The van der Waals surface area contributed by atoms with Crippen LogP contribution in [-0.2, 0) is 22.4 Å². The molecule has 0 saturated heterocycles. The van der Waals surface area contributed by atoms with E-state index < -0.39 is 17.8 Å². The number of thiophene rings is 1. The van der Waals surface area contributed by atoms with Crippen molar-refractivity contribution in [2.24, 2.45) is 11.8 Å². The van der Waals surface area contributed by atoms with Crippen LogP contribution in [-0.4, -0.2) is 27.1 Å². The van der Waals surface area contributed by atoms with Crippen molar-refractivity contribution in [3.63, 3.8) is 0 Å². The molecule has 0 spiro atoms. The summed E-state index contributed by atoms with van der Waals surface area (Å²) < 4.78 is 5.60. The van der Waals surface area contributed by atoms with Crippen molar-refractivity contribution in [3.05, 3.63) is 16.3 Å². The highest BCUT2D eigenvalue weighted by Gasteiger charge is 2.37. The Kier molecular flexibility index (Phi) is 4.89. The summed E-state index contributed by atoms with van der Waals surface area (Å²) >= 11 is 1.58. The number of rotatable bonds is 5. The van der Waals surface area contributed by atoms with Crippen molar-refractivity contribution in [3.8, 4) is 11.5 Å². The van der Waals surface area contributed by atoms with Crippen LogP contribution in [0.3, 0.4) is 0 Å². The minimum Gasteiger partial charge on any atom is -0.481 e. The Hall–Kier alpha value is -2.22. The molecule has 0 aromatic carbocycles. The standard InChI is InChI=1S/C21H25N3O4S/c25-18(12-5-1-2-6-13(12)21(26)27)23-20-16(14-7-3-4-8-15(14)29-20)19-22-17(24-28-19)11-9-10-11/h11-13H,1-10H2,(H,23,25)(H,26,27). The summed E-state index contributed by atoms with van der Waals surface area (Å²) in [6.07, 6.45) is 9.33. The first kappa shape index (κ1) is 18.8. The van der Waals surface area contributed by atoms with Gasteiger partial charge >= 0.3 is 5.97 Å². The molecule has 2 unspecified atom stereocenters. The molecule has 2 aromatic heterocycles. The first-order valence-electron chi connectivity index (χ1n) is 10.6. The summed E-state index contributed by atoms with van der Waals surface area (Å²) in [5.74, 6) is -0.519. The zero-order valence-corrected chi connectivity index (χ0v) is 17.1. The maximum atomic E-state index is 13.1. The number of aliphatic carboxylic acids is 1. The molecule has 0 radical (unpaired) electrons. The van der Waals surface area contributed by atoms with E-state index in [1.165, 1.54) is 10.4 Å². The van der Waals surface area contributed by atoms with Gasteiger partial charge in [-0.3, -0.25) is 9.59 Å². The number of anilines is 1. The average Bonchev–Trinajstić information content (AvgIpc) is 3.35. The molecule has 2 fully saturated rings. The second-order valence-electron chi connectivity index (χ2n) is 8.47. The summed E-state index contributed by atoms with van der Waals surface area (Å²) in [7, 11) is 0. The Morgan fingerprint density at radius 1 is 1.03 bits per heavy atom. The Labute approximate surface area is 172 Å². The van der Waals surface area contributed by atoms with Crippen molar-refractivity contribution < 1.29 is 19.2 Å². The number of carbonyl (C=O) groups excluding carboxylic acids is 1. The average molecular weight is 416 g/mol. The van der Waals surface area contributed by atoms with Crippen molar-refractivity contribution in [2.75, 3.05) is 5.32 Å². The van der Waals surface area contributed by atoms with E-state index in [1.54, 1.807) is 11.3 Å². The second kappa shape index (κ2) is 7.55. The fourth-order valence-electron chi connectivity index (χ4n) is 4.67. The lowest BCUT2D eigenvalue weighted by Crippen LogP contribution is -2.36. The number of fused-ring (bicyclic) bond motifs is 1. The van der Waals surface area contributed by atoms with Gasteiger partial charge < -0.3 is 14.9 Å². The van der Waals surface area contributed by atoms with Crippen LogP contribution in [0.1, 0.15) is 73.5 Å². The molecule has 29 heavy (non-hydrogen) atoms. The van der Waals surface area contributed by atoms with E-state index in [0.29, 0.717) is 24.7 Å². The van der Waals surface area contributed by atoms with Crippen LogP contribution in [0.2, 0.25) is 0 Å². The molecule has 8 heteroatoms. The van der Waals surface area contributed by atoms with E-state index in [0.717, 1.165) is 67.8 Å². The van der Waals surface area contributed by atoms with Gasteiger partial charge in [-0.15, -0.1) is 11.3 Å². The molecule has 2 aromatic rings. The quantitative estimate of drug-likeness (QED) is 0.751. The molecular weight excluding hydrogens is 390 g/mol. The first-order chi connectivity index (χ1) is 14.1. The number of carboxylic acids is 1. The SMILES string of the molecule is O=C(O)C1CCCCC1C(=O)Nc1sc2c(c1-c1nc(C3CC3)no1)CCCC2.